The summed E-state index contributed by atoms with van der Waals surface area (Å²) in [7, 11) is 0. The van der Waals surface area contributed by atoms with E-state index < -0.39 is 5.60 Å². The van der Waals surface area contributed by atoms with Crippen LogP contribution in [0.5, 0.6) is 0 Å². The van der Waals surface area contributed by atoms with Gasteiger partial charge in [0.25, 0.3) is 0 Å². The Hall–Kier alpha value is -0.610. The number of anilines is 1. The quantitative estimate of drug-likeness (QED) is 0.833. The molecule has 1 atom stereocenters. The van der Waals surface area contributed by atoms with E-state index in [1.165, 1.54) is 0 Å². The van der Waals surface area contributed by atoms with Crippen LogP contribution in [0.15, 0.2) is 22.9 Å². The van der Waals surface area contributed by atoms with Gasteiger partial charge in [0, 0.05) is 25.5 Å². The maximum atomic E-state index is 9.84. The summed E-state index contributed by atoms with van der Waals surface area (Å²) >= 11 is 3.46. The molecule has 0 amide bonds. The fraction of sp³-hybridized carbons (Fsp3) is 0.500. The van der Waals surface area contributed by atoms with Gasteiger partial charge in [-0.2, -0.15) is 0 Å². The Balaban J connectivity index is 2.22. The molecule has 1 aromatic heterocycles. The molecule has 1 fully saturated rings. The molecule has 1 aliphatic rings. The molecule has 0 radical (unpaired) electrons. The molecule has 14 heavy (non-hydrogen) atoms. The molecule has 0 aliphatic carbocycles. The molecule has 0 spiro atoms. The van der Waals surface area contributed by atoms with Gasteiger partial charge in [0.05, 0.1) is 15.8 Å². The molecule has 1 aromatic rings. The zero-order valence-electron chi connectivity index (χ0n) is 8.07. The third-order valence-electron chi connectivity index (χ3n) is 2.54. The predicted molar refractivity (Wildman–Crippen MR) is 59.4 cm³/mol. The number of rotatable bonds is 1. The fourth-order valence-electron chi connectivity index (χ4n) is 1.78. The first-order valence-electron chi connectivity index (χ1n) is 4.65. The number of aliphatic hydroxyl groups is 1. The number of pyridine rings is 1. The molecule has 0 aromatic carbocycles. The standard InChI is InChI=1S/C10H13BrN2O/c1-10(14)3-5-13(7-10)9-2-4-12-6-8(9)11/h2,4,6,14H,3,5,7H2,1H3. The van der Waals surface area contributed by atoms with Gasteiger partial charge in [-0.1, -0.05) is 0 Å². The van der Waals surface area contributed by atoms with Crippen LogP contribution in [0.3, 0.4) is 0 Å². The minimum atomic E-state index is -0.553. The van der Waals surface area contributed by atoms with Crippen LogP contribution in [0.4, 0.5) is 5.69 Å². The summed E-state index contributed by atoms with van der Waals surface area (Å²) in [4.78, 5) is 6.19. The van der Waals surface area contributed by atoms with Crippen molar-refractivity contribution in [2.24, 2.45) is 0 Å². The largest absolute Gasteiger partial charge is 0.388 e. The lowest BCUT2D eigenvalue weighted by molar-refractivity contribution is 0.0839. The van der Waals surface area contributed by atoms with E-state index in [-0.39, 0.29) is 0 Å². The molecule has 2 heterocycles. The summed E-state index contributed by atoms with van der Waals surface area (Å²) < 4.78 is 0.984. The number of aromatic nitrogens is 1. The highest BCUT2D eigenvalue weighted by molar-refractivity contribution is 9.10. The summed E-state index contributed by atoms with van der Waals surface area (Å²) in [5, 5.41) is 9.84. The molecular weight excluding hydrogens is 244 g/mol. The summed E-state index contributed by atoms with van der Waals surface area (Å²) in [6, 6.07) is 1.96. The molecule has 1 N–H and O–H groups in total. The zero-order chi connectivity index (χ0) is 10.2. The summed E-state index contributed by atoms with van der Waals surface area (Å²) in [5.74, 6) is 0. The highest BCUT2D eigenvalue weighted by Gasteiger charge is 2.31. The van der Waals surface area contributed by atoms with Gasteiger partial charge in [0.2, 0.25) is 0 Å². The average Bonchev–Trinajstić information content (AvgIpc) is 2.47. The van der Waals surface area contributed by atoms with E-state index in [0.29, 0.717) is 6.54 Å². The molecule has 0 saturated carbocycles. The maximum Gasteiger partial charge on any atom is 0.0810 e. The Bertz CT molecular complexity index is 341. The van der Waals surface area contributed by atoms with Gasteiger partial charge in [0.1, 0.15) is 0 Å². The van der Waals surface area contributed by atoms with Crippen molar-refractivity contribution in [3.8, 4) is 0 Å². The molecule has 2 rings (SSSR count). The monoisotopic (exact) mass is 256 g/mol. The molecule has 76 valence electrons. The van der Waals surface area contributed by atoms with E-state index in [0.717, 1.165) is 23.1 Å². The van der Waals surface area contributed by atoms with Gasteiger partial charge < -0.3 is 10.0 Å². The molecule has 0 bridgehead atoms. The van der Waals surface area contributed by atoms with Crippen LogP contribution in [-0.2, 0) is 0 Å². The van der Waals surface area contributed by atoms with Gasteiger partial charge in [0.15, 0.2) is 0 Å². The Kier molecular flexibility index (Phi) is 2.49. The van der Waals surface area contributed by atoms with E-state index in [9.17, 15) is 5.11 Å². The van der Waals surface area contributed by atoms with Gasteiger partial charge in [-0.3, -0.25) is 4.98 Å². The van der Waals surface area contributed by atoms with E-state index in [1.807, 2.05) is 13.0 Å². The maximum absolute atomic E-state index is 9.84. The summed E-state index contributed by atoms with van der Waals surface area (Å²) in [6.07, 6.45) is 4.37. The lowest BCUT2D eigenvalue weighted by atomic mass is 10.1. The molecular formula is C10H13BrN2O. The van der Waals surface area contributed by atoms with Crippen LogP contribution in [0.1, 0.15) is 13.3 Å². The van der Waals surface area contributed by atoms with E-state index in [2.05, 4.69) is 25.8 Å². The SMILES string of the molecule is CC1(O)CCN(c2ccncc2Br)C1. The third kappa shape index (κ3) is 1.91. The lowest BCUT2D eigenvalue weighted by Crippen LogP contribution is -2.29. The van der Waals surface area contributed by atoms with Crippen molar-refractivity contribution in [3.63, 3.8) is 0 Å². The van der Waals surface area contributed by atoms with Crippen LogP contribution < -0.4 is 4.90 Å². The highest BCUT2D eigenvalue weighted by atomic mass is 79.9. The number of nitrogens with zero attached hydrogens (tertiary/aromatic N) is 2. The van der Waals surface area contributed by atoms with Crippen molar-refractivity contribution in [2.45, 2.75) is 18.9 Å². The zero-order valence-corrected chi connectivity index (χ0v) is 9.66. The molecule has 1 aliphatic heterocycles. The second-order valence-corrected chi connectivity index (χ2v) is 4.85. The minimum absolute atomic E-state index is 0.553. The fourth-order valence-corrected chi connectivity index (χ4v) is 2.28. The second kappa shape index (κ2) is 3.51. The minimum Gasteiger partial charge on any atom is -0.388 e. The van der Waals surface area contributed by atoms with Crippen molar-refractivity contribution in [3.05, 3.63) is 22.9 Å². The topological polar surface area (TPSA) is 36.4 Å². The number of β-amino-alcohol motifs (C(OH)–C–C–N with tert-alkyl or cyclic N) is 1. The predicted octanol–water partition coefficient (Wildman–Crippen LogP) is 1.81. The lowest BCUT2D eigenvalue weighted by Gasteiger charge is -2.21. The van der Waals surface area contributed by atoms with Gasteiger partial charge in [-0.15, -0.1) is 0 Å². The first-order valence-corrected chi connectivity index (χ1v) is 5.45. The smallest absolute Gasteiger partial charge is 0.0810 e. The van der Waals surface area contributed by atoms with Crippen molar-refractivity contribution < 1.29 is 5.11 Å². The van der Waals surface area contributed by atoms with Crippen LogP contribution in [0.25, 0.3) is 0 Å². The van der Waals surface area contributed by atoms with Crippen molar-refractivity contribution >= 4 is 21.6 Å². The van der Waals surface area contributed by atoms with Crippen LogP contribution in [0.2, 0.25) is 0 Å². The van der Waals surface area contributed by atoms with Crippen molar-refractivity contribution in [1.29, 1.82) is 0 Å². The summed E-state index contributed by atoms with van der Waals surface area (Å²) in [6.45, 7) is 3.47. The van der Waals surface area contributed by atoms with Crippen LogP contribution >= 0.6 is 15.9 Å². The van der Waals surface area contributed by atoms with Gasteiger partial charge in [-0.05, 0) is 35.3 Å². The highest BCUT2D eigenvalue weighted by Crippen LogP contribution is 2.30. The Morgan fingerprint density at radius 3 is 3.00 bits per heavy atom. The third-order valence-corrected chi connectivity index (χ3v) is 3.15. The molecule has 4 heteroatoms. The number of hydrogen-bond acceptors (Lipinski definition) is 3. The van der Waals surface area contributed by atoms with Gasteiger partial charge in [-0.25, -0.2) is 0 Å². The van der Waals surface area contributed by atoms with E-state index >= 15 is 0 Å². The number of halogens is 1. The van der Waals surface area contributed by atoms with Crippen LogP contribution in [-0.4, -0.2) is 28.8 Å². The van der Waals surface area contributed by atoms with Gasteiger partial charge >= 0.3 is 0 Å². The van der Waals surface area contributed by atoms with Crippen molar-refractivity contribution in [1.82, 2.24) is 4.98 Å². The Labute approximate surface area is 91.9 Å². The Morgan fingerprint density at radius 2 is 2.43 bits per heavy atom. The average molecular weight is 257 g/mol. The second-order valence-electron chi connectivity index (χ2n) is 4.00. The first-order chi connectivity index (χ1) is 6.58. The summed E-state index contributed by atoms with van der Waals surface area (Å²) in [5.41, 5.74) is 0.556. The van der Waals surface area contributed by atoms with Crippen LogP contribution in [0, 0.1) is 0 Å². The van der Waals surface area contributed by atoms with E-state index in [4.69, 9.17) is 0 Å². The van der Waals surface area contributed by atoms with Crippen molar-refractivity contribution in [2.75, 3.05) is 18.0 Å². The first kappa shape index (κ1) is 9.93. The molecule has 1 unspecified atom stereocenters. The molecule has 3 nitrogen and oxygen atoms in total. The molecule has 1 saturated heterocycles. The normalized spacial score (nSPS) is 26.9. The number of hydrogen-bond donors (Lipinski definition) is 1. The van der Waals surface area contributed by atoms with E-state index in [1.54, 1.807) is 12.4 Å². The Morgan fingerprint density at radius 1 is 1.64 bits per heavy atom.